The van der Waals surface area contributed by atoms with Gasteiger partial charge in [0.05, 0.1) is 18.2 Å². The summed E-state index contributed by atoms with van der Waals surface area (Å²) in [5.74, 6) is 2.24. The summed E-state index contributed by atoms with van der Waals surface area (Å²) in [6.45, 7) is 0.173. The number of carbonyl (C=O) groups is 1. The van der Waals surface area contributed by atoms with E-state index in [9.17, 15) is 9.90 Å². The molecule has 1 aliphatic heterocycles. The van der Waals surface area contributed by atoms with Crippen molar-refractivity contribution in [2.45, 2.75) is 17.8 Å². The molecule has 0 radical (unpaired) electrons. The van der Waals surface area contributed by atoms with E-state index in [0.29, 0.717) is 18.0 Å². The van der Waals surface area contributed by atoms with E-state index >= 15 is 0 Å². The summed E-state index contributed by atoms with van der Waals surface area (Å²) < 4.78 is 10.8. The molecule has 3 rings (SSSR count). The first kappa shape index (κ1) is 17.6. The molecule has 0 aromatic heterocycles. The number of aliphatic hydroxyl groups excluding tert-OH is 1. The summed E-state index contributed by atoms with van der Waals surface area (Å²) in [6.07, 6.45) is 0.00907. The van der Waals surface area contributed by atoms with Crippen molar-refractivity contribution in [3.63, 3.8) is 0 Å². The van der Waals surface area contributed by atoms with Gasteiger partial charge in [0.25, 0.3) is 0 Å². The summed E-state index contributed by atoms with van der Waals surface area (Å²) in [7, 11) is 1.61. The van der Waals surface area contributed by atoms with Crippen molar-refractivity contribution in [1.82, 2.24) is 5.32 Å². The van der Waals surface area contributed by atoms with Gasteiger partial charge in [0.2, 0.25) is 5.91 Å². The van der Waals surface area contributed by atoms with Gasteiger partial charge in [0, 0.05) is 0 Å². The number of hydrogen-bond donors (Lipinski definition) is 2. The number of rotatable bonds is 7. The third-order valence-corrected chi connectivity index (χ3v) is 5.17. The maximum atomic E-state index is 11.6. The molecule has 2 unspecified atom stereocenters. The van der Waals surface area contributed by atoms with Crippen LogP contribution in [-0.2, 0) is 11.2 Å². The zero-order valence-electron chi connectivity index (χ0n) is 14.0. The molecule has 1 heterocycles. The molecule has 6 heteroatoms. The predicted molar refractivity (Wildman–Crippen MR) is 98.0 cm³/mol. The second-order valence-corrected chi connectivity index (χ2v) is 6.98. The van der Waals surface area contributed by atoms with Gasteiger partial charge in [-0.1, -0.05) is 24.3 Å². The minimum absolute atomic E-state index is 0.0105. The fourth-order valence-corrected chi connectivity index (χ4v) is 3.56. The number of nitrogens with one attached hydrogen (secondary N) is 1. The normalized spacial score (nSPS) is 17.8. The van der Waals surface area contributed by atoms with Crippen LogP contribution in [0.1, 0.15) is 17.2 Å². The number of hydrogen-bond acceptors (Lipinski definition) is 5. The molecule has 25 heavy (non-hydrogen) atoms. The van der Waals surface area contributed by atoms with Crippen LogP contribution in [-0.4, -0.2) is 35.9 Å². The van der Waals surface area contributed by atoms with Gasteiger partial charge in [0.1, 0.15) is 24.2 Å². The molecule has 0 saturated carbocycles. The Morgan fingerprint density at radius 3 is 2.44 bits per heavy atom. The van der Waals surface area contributed by atoms with Crippen molar-refractivity contribution in [3.8, 4) is 11.5 Å². The average Bonchev–Trinajstić information content (AvgIpc) is 3.05. The number of aliphatic hydroxyl groups is 1. The van der Waals surface area contributed by atoms with Gasteiger partial charge in [-0.2, -0.15) is 0 Å². The third-order valence-electron chi connectivity index (χ3n) is 4.08. The lowest BCUT2D eigenvalue weighted by atomic mass is 10.1. The van der Waals surface area contributed by atoms with Gasteiger partial charge >= 0.3 is 0 Å². The molecule has 1 fully saturated rings. The fourth-order valence-electron chi connectivity index (χ4n) is 2.59. The number of carbonyl (C=O) groups excluding carboxylic acids is 1. The minimum Gasteiger partial charge on any atom is -0.497 e. The number of methoxy groups -OCH3 is 1. The average molecular weight is 359 g/mol. The van der Waals surface area contributed by atoms with E-state index < -0.39 is 6.10 Å². The van der Waals surface area contributed by atoms with Crippen LogP contribution in [0.4, 0.5) is 0 Å². The fraction of sp³-hybridized carbons (Fsp3) is 0.316. The molecule has 1 amide bonds. The van der Waals surface area contributed by atoms with Crippen LogP contribution in [0.5, 0.6) is 11.5 Å². The number of benzene rings is 2. The molecule has 5 nitrogen and oxygen atoms in total. The summed E-state index contributed by atoms with van der Waals surface area (Å²) in [4.78, 5) is 11.6. The summed E-state index contributed by atoms with van der Waals surface area (Å²) in [6, 6.07) is 14.9. The van der Waals surface area contributed by atoms with Crippen LogP contribution in [0.3, 0.4) is 0 Å². The highest BCUT2D eigenvalue weighted by atomic mass is 32.2. The summed E-state index contributed by atoms with van der Waals surface area (Å²) in [5, 5.41) is 13.0. The Hall–Kier alpha value is -2.18. The Bertz CT molecular complexity index is 702. The minimum atomic E-state index is -0.704. The van der Waals surface area contributed by atoms with Gasteiger partial charge in [0.15, 0.2) is 0 Å². The molecule has 132 valence electrons. The van der Waals surface area contributed by atoms with E-state index in [1.165, 1.54) is 0 Å². The highest BCUT2D eigenvalue weighted by molar-refractivity contribution is 8.01. The second kappa shape index (κ2) is 8.27. The molecule has 0 spiro atoms. The number of amides is 1. The van der Waals surface area contributed by atoms with E-state index in [0.717, 1.165) is 16.9 Å². The quantitative estimate of drug-likeness (QED) is 0.795. The summed E-state index contributed by atoms with van der Waals surface area (Å²) in [5.41, 5.74) is 1.87. The Balaban J connectivity index is 1.51. The zero-order chi connectivity index (χ0) is 17.6. The lowest BCUT2D eigenvalue weighted by Gasteiger charge is -2.14. The topological polar surface area (TPSA) is 67.8 Å². The largest absolute Gasteiger partial charge is 0.497 e. The maximum Gasteiger partial charge on any atom is 0.234 e. The van der Waals surface area contributed by atoms with Crippen LogP contribution in [0, 0.1) is 0 Å². The molecule has 0 bridgehead atoms. The van der Waals surface area contributed by atoms with Gasteiger partial charge in [-0.25, -0.2) is 0 Å². The Morgan fingerprint density at radius 2 is 1.84 bits per heavy atom. The van der Waals surface area contributed by atoms with Crippen molar-refractivity contribution in [3.05, 3.63) is 59.7 Å². The number of ether oxygens (including phenoxy) is 2. The monoisotopic (exact) mass is 359 g/mol. The van der Waals surface area contributed by atoms with Crippen molar-refractivity contribution in [2.24, 2.45) is 0 Å². The lowest BCUT2D eigenvalue weighted by molar-refractivity contribution is -0.119. The first-order valence-electron chi connectivity index (χ1n) is 8.09. The van der Waals surface area contributed by atoms with Gasteiger partial charge < -0.3 is 19.9 Å². The molecule has 1 aliphatic rings. The molecular formula is C19H21NO4S. The van der Waals surface area contributed by atoms with Crippen molar-refractivity contribution in [1.29, 1.82) is 0 Å². The van der Waals surface area contributed by atoms with Crippen LogP contribution >= 0.6 is 11.8 Å². The van der Waals surface area contributed by atoms with E-state index in [2.05, 4.69) is 5.32 Å². The standard InChI is InChI=1S/C19H21NO4S/c1-23-15-8-4-14(5-9-15)17(21)11-24-16-6-2-13(3-7-16)10-18-19(22)20-12-25-18/h2-9,17-18,21H,10-12H2,1H3,(H,20,22). The smallest absolute Gasteiger partial charge is 0.234 e. The van der Waals surface area contributed by atoms with Gasteiger partial charge in [-0.15, -0.1) is 11.8 Å². The van der Waals surface area contributed by atoms with Crippen molar-refractivity contribution >= 4 is 17.7 Å². The zero-order valence-corrected chi connectivity index (χ0v) is 14.8. The third kappa shape index (κ3) is 4.67. The highest BCUT2D eigenvalue weighted by Crippen LogP contribution is 2.23. The van der Waals surface area contributed by atoms with E-state index in [1.54, 1.807) is 18.9 Å². The molecule has 1 saturated heterocycles. The molecule has 0 aliphatic carbocycles. The molecule has 2 N–H and O–H groups in total. The van der Waals surface area contributed by atoms with Gasteiger partial charge in [-0.3, -0.25) is 4.79 Å². The lowest BCUT2D eigenvalue weighted by Crippen LogP contribution is -2.23. The second-order valence-electron chi connectivity index (χ2n) is 5.79. The first-order chi connectivity index (χ1) is 12.2. The Morgan fingerprint density at radius 1 is 1.16 bits per heavy atom. The van der Waals surface area contributed by atoms with Crippen LogP contribution in [0.2, 0.25) is 0 Å². The predicted octanol–water partition coefficient (Wildman–Crippen LogP) is 2.54. The molecule has 2 aromatic rings. The van der Waals surface area contributed by atoms with Crippen molar-refractivity contribution in [2.75, 3.05) is 19.6 Å². The molecule has 2 atom stereocenters. The Labute approximate surface area is 151 Å². The maximum absolute atomic E-state index is 11.6. The van der Waals surface area contributed by atoms with Crippen molar-refractivity contribution < 1.29 is 19.4 Å². The van der Waals surface area contributed by atoms with E-state index in [-0.39, 0.29) is 17.8 Å². The molecule has 2 aromatic carbocycles. The van der Waals surface area contributed by atoms with Crippen LogP contribution in [0.25, 0.3) is 0 Å². The van der Waals surface area contributed by atoms with E-state index in [4.69, 9.17) is 9.47 Å². The van der Waals surface area contributed by atoms with E-state index in [1.807, 2.05) is 48.5 Å². The highest BCUT2D eigenvalue weighted by Gasteiger charge is 2.24. The first-order valence-corrected chi connectivity index (χ1v) is 9.13. The van der Waals surface area contributed by atoms with Crippen LogP contribution < -0.4 is 14.8 Å². The number of thioether (sulfide) groups is 1. The van der Waals surface area contributed by atoms with Crippen LogP contribution in [0.15, 0.2) is 48.5 Å². The summed E-state index contributed by atoms with van der Waals surface area (Å²) >= 11 is 1.63. The Kier molecular flexibility index (Phi) is 5.83. The molecular weight excluding hydrogens is 338 g/mol. The van der Waals surface area contributed by atoms with Gasteiger partial charge in [-0.05, 0) is 41.8 Å². The SMILES string of the molecule is COc1ccc(C(O)COc2ccc(CC3SCNC3=O)cc2)cc1.